The fourth-order valence-corrected chi connectivity index (χ4v) is 3.13. The summed E-state index contributed by atoms with van der Waals surface area (Å²) in [4.78, 5) is 21.8. The molecule has 2 N–H and O–H groups in total. The van der Waals surface area contributed by atoms with Gasteiger partial charge in [-0.2, -0.15) is 0 Å². The molecule has 0 fully saturated rings. The number of anilines is 3. The highest BCUT2D eigenvalue weighted by Gasteiger charge is 2.16. The summed E-state index contributed by atoms with van der Waals surface area (Å²) in [5, 5.41) is 6.17. The molecule has 0 saturated carbocycles. The largest absolute Gasteiger partial charge is 0.495 e. The summed E-state index contributed by atoms with van der Waals surface area (Å²) in [6.45, 7) is 8.03. The summed E-state index contributed by atoms with van der Waals surface area (Å²) in [6.07, 6.45) is 0. The Balaban J connectivity index is 1.90. The van der Waals surface area contributed by atoms with E-state index in [4.69, 9.17) is 4.74 Å². The summed E-state index contributed by atoms with van der Waals surface area (Å²) in [6, 6.07) is 15.2. The zero-order valence-corrected chi connectivity index (χ0v) is 17.4. The highest BCUT2D eigenvalue weighted by molar-refractivity contribution is 6.04. The Bertz CT molecular complexity index is 1030. The monoisotopic (exact) mass is 390 g/mol. The van der Waals surface area contributed by atoms with Gasteiger partial charge in [-0.05, 0) is 49.1 Å². The van der Waals surface area contributed by atoms with Gasteiger partial charge in [0, 0.05) is 11.4 Å². The minimum absolute atomic E-state index is 0.269. The third-order valence-electron chi connectivity index (χ3n) is 4.61. The van der Waals surface area contributed by atoms with Crippen molar-refractivity contribution in [2.45, 2.75) is 33.6 Å². The third kappa shape index (κ3) is 4.71. The van der Waals surface area contributed by atoms with Gasteiger partial charge in [-0.3, -0.25) is 4.79 Å². The first-order valence-electron chi connectivity index (χ1n) is 9.55. The van der Waals surface area contributed by atoms with E-state index in [1.165, 1.54) is 0 Å². The Hall–Kier alpha value is -3.41. The number of carbonyl (C=O) groups is 1. The summed E-state index contributed by atoms with van der Waals surface area (Å²) in [5.41, 5.74) is 4.67. The second-order valence-electron chi connectivity index (χ2n) is 7.19. The molecule has 1 amide bonds. The molecule has 0 atom stereocenters. The van der Waals surface area contributed by atoms with E-state index in [1.807, 2.05) is 56.3 Å². The average molecular weight is 390 g/mol. The smallest absolute Gasteiger partial charge is 0.274 e. The van der Waals surface area contributed by atoms with Crippen LogP contribution in [0.3, 0.4) is 0 Å². The second-order valence-corrected chi connectivity index (χ2v) is 7.19. The molecule has 0 aliphatic heterocycles. The number of para-hydroxylation sites is 3. The van der Waals surface area contributed by atoms with Crippen molar-refractivity contribution >= 4 is 23.2 Å². The van der Waals surface area contributed by atoms with E-state index < -0.39 is 0 Å². The van der Waals surface area contributed by atoms with Crippen LogP contribution in [-0.4, -0.2) is 23.0 Å². The Morgan fingerprint density at radius 2 is 1.79 bits per heavy atom. The molecule has 0 aliphatic carbocycles. The first-order valence-corrected chi connectivity index (χ1v) is 9.55. The molecule has 1 aromatic heterocycles. The van der Waals surface area contributed by atoms with Crippen molar-refractivity contribution in [2.24, 2.45) is 0 Å². The molecule has 6 nitrogen and oxygen atoms in total. The van der Waals surface area contributed by atoms with Crippen LogP contribution in [0.25, 0.3) is 0 Å². The SMILES string of the molecule is COc1ccccc1Nc1nc(C)cc(C(=O)Nc2c(C)cccc2C(C)C)n1. The topological polar surface area (TPSA) is 76.1 Å². The summed E-state index contributed by atoms with van der Waals surface area (Å²) >= 11 is 0. The highest BCUT2D eigenvalue weighted by Crippen LogP contribution is 2.28. The van der Waals surface area contributed by atoms with Crippen molar-refractivity contribution in [3.8, 4) is 5.75 Å². The molecule has 0 unspecified atom stereocenters. The molecule has 6 heteroatoms. The van der Waals surface area contributed by atoms with E-state index in [9.17, 15) is 4.79 Å². The normalized spacial score (nSPS) is 10.7. The number of methoxy groups -OCH3 is 1. The maximum Gasteiger partial charge on any atom is 0.274 e. The maximum absolute atomic E-state index is 13.0. The Kier molecular flexibility index (Phi) is 6.12. The molecule has 0 spiro atoms. The van der Waals surface area contributed by atoms with Crippen molar-refractivity contribution in [3.05, 3.63) is 71.0 Å². The van der Waals surface area contributed by atoms with E-state index >= 15 is 0 Å². The zero-order chi connectivity index (χ0) is 21.0. The van der Waals surface area contributed by atoms with Crippen LogP contribution in [0.1, 0.15) is 47.1 Å². The van der Waals surface area contributed by atoms with E-state index in [2.05, 4.69) is 34.4 Å². The molecule has 2 aromatic carbocycles. The molecule has 1 heterocycles. The number of amides is 1. The lowest BCUT2D eigenvalue weighted by molar-refractivity contribution is 0.102. The molecule has 0 aliphatic rings. The number of hydrogen-bond acceptors (Lipinski definition) is 5. The van der Waals surface area contributed by atoms with Gasteiger partial charge >= 0.3 is 0 Å². The standard InChI is InChI=1S/C23H26N4O2/c1-14(2)17-10-8-9-15(3)21(17)27-22(28)19-13-16(4)24-23(26-19)25-18-11-6-7-12-20(18)29-5/h6-14H,1-5H3,(H,27,28)(H,24,25,26). The van der Waals surface area contributed by atoms with Crippen molar-refractivity contribution in [2.75, 3.05) is 17.7 Å². The lowest BCUT2D eigenvalue weighted by Gasteiger charge is -2.16. The van der Waals surface area contributed by atoms with Crippen molar-refractivity contribution in [3.63, 3.8) is 0 Å². The Labute approximate surface area is 171 Å². The van der Waals surface area contributed by atoms with Gasteiger partial charge in [0.25, 0.3) is 5.91 Å². The van der Waals surface area contributed by atoms with Gasteiger partial charge in [-0.15, -0.1) is 0 Å². The predicted octanol–water partition coefficient (Wildman–Crippen LogP) is 5.22. The summed E-state index contributed by atoms with van der Waals surface area (Å²) in [5.74, 6) is 1.04. The van der Waals surface area contributed by atoms with E-state index in [0.717, 1.165) is 22.5 Å². The van der Waals surface area contributed by atoms with Gasteiger partial charge in [-0.1, -0.05) is 44.2 Å². The number of aryl methyl sites for hydroxylation is 2. The molecule has 3 rings (SSSR count). The maximum atomic E-state index is 13.0. The minimum Gasteiger partial charge on any atom is -0.495 e. The molecule has 0 bridgehead atoms. The number of nitrogens with one attached hydrogen (secondary N) is 2. The fourth-order valence-electron chi connectivity index (χ4n) is 3.13. The number of nitrogens with zero attached hydrogens (tertiary/aromatic N) is 2. The number of rotatable bonds is 6. The van der Waals surface area contributed by atoms with Gasteiger partial charge in [-0.25, -0.2) is 9.97 Å². The van der Waals surface area contributed by atoms with Crippen molar-refractivity contribution in [1.82, 2.24) is 9.97 Å². The van der Waals surface area contributed by atoms with Crippen LogP contribution in [0.4, 0.5) is 17.3 Å². The van der Waals surface area contributed by atoms with Gasteiger partial charge in [0.2, 0.25) is 5.95 Å². The molecule has 0 saturated heterocycles. The molecule has 3 aromatic rings. The molecular weight excluding hydrogens is 364 g/mol. The fraction of sp³-hybridized carbons (Fsp3) is 0.261. The quantitative estimate of drug-likeness (QED) is 0.603. The Morgan fingerprint density at radius 1 is 1.03 bits per heavy atom. The third-order valence-corrected chi connectivity index (χ3v) is 4.61. The second kappa shape index (κ2) is 8.73. The average Bonchev–Trinajstić information content (AvgIpc) is 2.69. The van der Waals surface area contributed by atoms with Crippen LogP contribution < -0.4 is 15.4 Å². The van der Waals surface area contributed by atoms with Crippen LogP contribution in [-0.2, 0) is 0 Å². The Morgan fingerprint density at radius 3 is 2.52 bits per heavy atom. The summed E-state index contributed by atoms with van der Waals surface area (Å²) in [7, 11) is 1.60. The number of hydrogen-bond donors (Lipinski definition) is 2. The van der Waals surface area contributed by atoms with Crippen LogP contribution in [0.5, 0.6) is 5.75 Å². The molecule has 29 heavy (non-hydrogen) atoms. The predicted molar refractivity (Wildman–Crippen MR) is 116 cm³/mol. The number of benzene rings is 2. The first-order chi connectivity index (χ1) is 13.9. The van der Waals surface area contributed by atoms with Gasteiger partial charge in [0.05, 0.1) is 12.8 Å². The van der Waals surface area contributed by atoms with Crippen molar-refractivity contribution < 1.29 is 9.53 Å². The van der Waals surface area contributed by atoms with Gasteiger partial charge in [0.1, 0.15) is 11.4 Å². The van der Waals surface area contributed by atoms with Gasteiger partial charge in [0.15, 0.2) is 0 Å². The first kappa shape index (κ1) is 20.3. The van der Waals surface area contributed by atoms with Crippen molar-refractivity contribution in [1.29, 1.82) is 0 Å². The number of carbonyl (C=O) groups excluding carboxylic acids is 1. The highest BCUT2D eigenvalue weighted by atomic mass is 16.5. The van der Waals surface area contributed by atoms with Crippen LogP contribution >= 0.6 is 0 Å². The lowest BCUT2D eigenvalue weighted by Crippen LogP contribution is -2.17. The van der Waals surface area contributed by atoms with Crippen LogP contribution in [0.15, 0.2) is 48.5 Å². The molecule has 150 valence electrons. The van der Waals surface area contributed by atoms with E-state index in [1.54, 1.807) is 13.2 Å². The number of ether oxygens (including phenoxy) is 1. The zero-order valence-electron chi connectivity index (χ0n) is 17.4. The molecular formula is C23H26N4O2. The van der Waals surface area contributed by atoms with E-state index in [-0.39, 0.29) is 5.91 Å². The summed E-state index contributed by atoms with van der Waals surface area (Å²) < 4.78 is 5.36. The number of aromatic nitrogens is 2. The molecule has 0 radical (unpaired) electrons. The van der Waals surface area contributed by atoms with Crippen LogP contribution in [0, 0.1) is 13.8 Å². The van der Waals surface area contributed by atoms with Crippen LogP contribution in [0.2, 0.25) is 0 Å². The minimum atomic E-state index is -0.269. The van der Waals surface area contributed by atoms with E-state index in [0.29, 0.717) is 29.0 Å². The van der Waals surface area contributed by atoms with Gasteiger partial charge < -0.3 is 15.4 Å². The lowest BCUT2D eigenvalue weighted by atomic mass is 9.98.